The first-order chi connectivity index (χ1) is 8.55. The Kier molecular flexibility index (Phi) is 3.71. The SMILES string of the molecule is CCC1(C(=O)O)CCN(Cc2ccc(C)cc2)C1. The Morgan fingerprint density at radius 1 is 1.39 bits per heavy atom. The third kappa shape index (κ3) is 2.56. The zero-order valence-electron chi connectivity index (χ0n) is 11.1. The predicted octanol–water partition coefficient (Wildman–Crippen LogP) is 2.68. The van der Waals surface area contributed by atoms with Crippen LogP contribution in [0.3, 0.4) is 0 Å². The molecule has 0 saturated carbocycles. The van der Waals surface area contributed by atoms with E-state index in [4.69, 9.17) is 0 Å². The lowest BCUT2D eigenvalue weighted by atomic mass is 9.84. The van der Waals surface area contributed by atoms with Crippen LogP contribution in [0.15, 0.2) is 24.3 Å². The maximum absolute atomic E-state index is 11.4. The lowest BCUT2D eigenvalue weighted by Gasteiger charge is -2.23. The molecule has 0 bridgehead atoms. The van der Waals surface area contributed by atoms with Crippen LogP contribution < -0.4 is 0 Å². The summed E-state index contributed by atoms with van der Waals surface area (Å²) in [6.45, 7) is 6.46. The summed E-state index contributed by atoms with van der Waals surface area (Å²) in [7, 11) is 0. The van der Waals surface area contributed by atoms with Gasteiger partial charge in [-0.05, 0) is 31.9 Å². The highest BCUT2D eigenvalue weighted by molar-refractivity contribution is 5.75. The molecule has 1 fully saturated rings. The maximum Gasteiger partial charge on any atom is 0.310 e. The van der Waals surface area contributed by atoms with Gasteiger partial charge in [-0.2, -0.15) is 0 Å². The average molecular weight is 247 g/mol. The van der Waals surface area contributed by atoms with E-state index in [1.54, 1.807) is 0 Å². The standard InChI is InChI=1S/C15H21NO2/c1-3-15(14(17)18)8-9-16(11-15)10-13-6-4-12(2)5-7-13/h4-7H,3,8-11H2,1-2H3,(H,17,18). The molecule has 1 aromatic carbocycles. The number of carboxylic acids is 1. The Morgan fingerprint density at radius 3 is 2.56 bits per heavy atom. The van der Waals surface area contributed by atoms with E-state index < -0.39 is 11.4 Å². The fourth-order valence-corrected chi connectivity index (χ4v) is 2.66. The third-order valence-electron chi connectivity index (χ3n) is 4.09. The molecule has 1 aliphatic rings. The van der Waals surface area contributed by atoms with Crippen molar-refractivity contribution in [3.8, 4) is 0 Å². The van der Waals surface area contributed by atoms with Crippen molar-refractivity contribution in [2.24, 2.45) is 5.41 Å². The van der Waals surface area contributed by atoms with Crippen LogP contribution in [0.5, 0.6) is 0 Å². The number of carbonyl (C=O) groups is 1. The van der Waals surface area contributed by atoms with E-state index in [0.29, 0.717) is 13.0 Å². The topological polar surface area (TPSA) is 40.5 Å². The molecule has 0 aliphatic carbocycles. The van der Waals surface area contributed by atoms with Gasteiger partial charge in [-0.3, -0.25) is 9.69 Å². The van der Waals surface area contributed by atoms with Crippen molar-refractivity contribution in [3.05, 3.63) is 35.4 Å². The van der Waals surface area contributed by atoms with Crippen molar-refractivity contribution < 1.29 is 9.90 Å². The van der Waals surface area contributed by atoms with Gasteiger partial charge in [0.15, 0.2) is 0 Å². The van der Waals surface area contributed by atoms with Crippen LogP contribution >= 0.6 is 0 Å². The highest BCUT2D eigenvalue weighted by Gasteiger charge is 2.42. The fraction of sp³-hybridized carbons (Fsp3) is 0.533. The smallest absolute Gasteiger partial charge is 0.310 e. The van der Waals surface area contributed by atoms with E-state index in [2.05, 4.69) is 36.1 Å². The van der Waals surface area contributed by atoms with Crippen molar-refractivity contribution in [1.29, 1.82) is 0 Å². The van der Waals surface area contributed by atoms with Gasteiger partial charge in [0.25, 0.3) is 0 Å². The van der Waals surface area contributed by atoms with E-state index >= 15 is 0 Å². The lowest BCUT2D eigenvalue weighted by molar-refractivity contribution is -0.148. The minimum absolute atomic E-state index is 0.523. The minimum atomic E-state index is -0.642. The van der Waals surface area contributed by atoms with Crippen LogP contribution in [0.2, 0.25) is 0 Å². The molecule has 0 aromatic heterocycles. The Balaban J connectivity index is 2.01. The Labute approximate surface area is 108 Å². The summed E-state index contributed by atoms with van der Waals surface area (Å²) in [5.41, 5.74) is 2.00. The van der Waals surface area contributed by atoms with Gasteiger partial charge in [-0.1, -0.05) is 36.8 Å². The molecule has 3 nitrogen and oxygen atoms in total. The number of aliphatic carboxylic acids is 1. The van der Waals surface area contributed by atoms with Crippen LogP contribution in [0.1, 0.15) is 30.9 Å². The van der Waals surface area contributed by atoms with Crippen LogP contribution in [0.25, 0.3) is 0 Å². The molecule has 0 spiro atoms. The van der Waals surface area contributed by atoms with Gasteiger partial charge in [0.1, 0.15) is 0 Å². The van der Waals surface area contributed by atoms with E-state index in [1.807, 2.05) is 6.92 Å². The van der Waals surface area contributed by atoms with Gasteiger partial charge in [0.05, 0.1) is 5.41 Å². The monoisotopic (exact) mass is 247 g/mol. The molecule has 3 heteroatoms. The molecule has 2 rings (SSSR count). The summed E-state index contributed by atoms with van der Waals surface area (Å²) in [6, 6.07) is 8.47. The summed E-state index contributed by atoms with van der Waals surface area (Å²) < 4.78 is 0. The van der Waals surface area contributed by atoms with E-state index in [9.17, 15) is 9.90 Å². The zero-order chi connectivity index (χ0) is 13.2. The molecular formula is C15H21NO2. The molecule has 1 unspecified atom stereocenters. The van der Waals surface area contributed by atoms with Gasteiger partial charge in [-0.15, -0.1) is 0 Å². The van der Waals surface area contributed by atoms with Crippen LogP contribution in [-0.2, 0) is 11.3 Å². The normalized spacial score (nSPS) is 24.3. The van der Waals surface area contributed by atoms with Gasteiger partial charge < -0.3 is 5.11 Å². The second kappa shape index (κ2) is 5.11. The number of carboxylic acid groups (broad SMARTS) is 1. The van der Waals surface area contributed by atoms with Crippen molar-refractivity contribution in [2.45, 2.75) is 33.2 Å². The van der Waals surface area contributed by atoms with Crippen molar-refractivity contribution in [1.82, 2.24) is 4.90 Å². The minimum Gasteiger partial charge on any atom is -0.481 e. The molecule has 1 N–H and O–H groups in total. The molecule has 0 amide bonds. The van der Waals surface area contributed by atoms with Gasteiger partial charge in [0.2, 0.25) is 0 Å². The molecular weight excluding hydrogens is 226 g/mol. The number of hydrogen-bond donors (Lipinski definition) is 1. The number of rotatable bonds is 4. The first kappa shape index (κ1) is 13.1. The first-order valence-corrected chi connectivity index (χ1v) is 6.57. The van der Waals surface area contributed by atoms with Gasteiger partial charge in [-0.25, -0.2) is 0 Å². The maximum atomic E-state index is 11.4. The van der Waals surface area contributed by atoms with Crippen molar-refractivity contribution >= 4 is 5.97 Å². The highest BCUT2D eigenvalue weighted by Crippen LogP contribution is 2.34. The first-order valence-electron chi connectivity index (χ1n) is 6.57. The number of benzene rings is 1. The van der Waals surface area contributed by atoms with Gasteiger partial charge >= 0.3 is 5.97 Å². The van der Waals surface area contributed by atoms with E-state index in [-0.39, 0.29) is 0 Å². The summed E-state index contributed by atoms with van der Waals surface area (Å²) in [6.07, 6.45) is 1.48. The Morgan fingerprint density at radius 2 is 2.06 bits per heavy atom. The van der Waals surface area contributed by atoms with Crippen LogP contribution in [0, 0.1) is 12.3 Å². The summed E-state index contributed by atoms with van der Waals surface area (Å²) in [5.74, 6) is -0.642. The van der Waals surface area contributed by atoms with Crippen LogP contribution in [0.4, 0.5) is 0 Å². The fourth-order valence-electron chi connectivity index (χ4n) is 2.66. The number of likely N-dealkylation sites (tertiary alicyclic amines) is 1. The molecule has 1 atom stereocenters. The molecule has 1 aromatic rings. The Hall–Kier alpha value is -1.35. The summed E-state index contributed by atoms with van der Waals surface area (Å²) in [5, 5.41) is 9.36. The second-order valence-electron chi connectivity index (χ2n) is 5.39. The Bertz CT molecular complexity index is 427. The largest absolute Gasteiger partial charge is 0.481 e. The second-order valence-corrected chi connectivity index (χ2v) is 5.39. The summed E-state index contributed by atoms with van der Waals surface area (Å²) in [4.78, 5) is 13.6. The lowest BCUT2D eigenvalue weighted by Crippen LogP contribution is -2.33. The molecule has 1 saturated heterocycles. The average Bonchev–Trinajstić information content (AvgIpc) is 2.77. The van der Waals surface area contributed by atoms with Gasteiger partial charge in [0, 0.05) is 13.1 Å². The van der Waals surface area contributed by atoms with E-state index in [0.717, 1.165) is 19.5 Å². The molecule has 98 valence electrons. The van der Waals surface area contributed by atoms with Crippen LogP contribution in [-0.4, -0.2) is 29.1 Å². The number of hydrogen-bond acceptors (Lipinski definition) is 2. The zero-order valence-corrected chi connectivity index (χ0v) is 11.1. The summed E-state index contributed by atoms with van der Waals surface area (Å²) >= 11 is 0. The predicted molar refractivity (Wildman–Crippen MR) is 71.4 cm³/mol. The molecule has 1 aliphatic heterocycles. The quantitative estimate of drug-likeness (QED) is 0.889. The third-order valence-corrected chi connectivity index (χ3v) is 4.09. The molecule has 18 heavy (non-hydrogen) atoms. The number of nitrogens with zero attached hydrogens (tertiary/aromatic N) is 1. The molecule has 0 radical (unpaired) electrons. The van der Waals surface area contributed by atoms with Crippen molar-refractivity contribution in [3.63, 3.8) is 0 Å². The highest BCUT2D eigenvalue weighted by atomic mass is 16.4. The van der Waals surface area contributed by atoms with E-state index in [1.165, 1.54) is 11.1 Å². The van der Waals surface area contributed by atoms with Crippen molar-refractivity contribution in [2.75, 3.05) is 13.1 Å². The number of aryl methyl sites for hydroxylation is 1. The molecule has 1 heterocycles.